The van der Waals surface area contributed by atoms with Gasteiger partial charge in [-0.1, -0.05) is 6.07 Å². The van der Waals surface area contributed by atoms with Gasteiger partial charge < -0.3 is 20.1 Å². The second kappa shape index (κ2) is 10.7. The minimum Gasteiger partial charge on any atom is -0.466 e. The fourth-order valence-electron chi connectivity index (χ4n) is 3.52. The number of nitrogens with one attached hydrogen (secondary N) is 2. The first-order chi connectivity index (χ1) is 17.7. The molecule has 1 aliphatic heterocycles. The molecule has 0 saturated carbocycles. The smallest absolute Gasteiger partial charge is 0.337 e. The lowest BCUT2D eigenvalue weighted by Gasteiger charge is -2.18. The van der Waals surface area contributed by atoms with Gasteiger partial charge in [0.2, 0.25) is 0 Å². The van der Waals surface area contributed by atoms with Gasteiger partial charge in [-0.3, -0.25) is 24.2 Å². The molecule has 0 radical (unpaired) electrons. The van der Waals surface area contributed by atoms with E-state index in [0.717, 1.165) is 48.4 Å². The van der Waals surface area contributed by atoms with Gasteiger partial charge in [-0.25, -0.2) is 13.2 Å². The zero-order valence-electron chi connectivity index (χ0n) is 19.9. The van der Waals surface area contributed by atoms with E-state index in [0.29, 0.717) is 0 Å². The zero-order valence-corrected chi connectivity index (χ0v) is 21.5. The van der Waals surface area contributed by atoms with Crippen molar-refractivity contribution in [2.24, 2.45) is 0 Å². The Hall–Kier alpha value is -4.06. The Morgan fingerprint density at radius 2 is 1.82 bits per heavy atom. The van der Waals surface area contributed by atoms with E-state index in [1.807, 2.05) is 0 Å². The van der Waals surface area contributed by atoms with Crippen LogP contribution in [0.2, 0.25) is 0 Å². The van der Waals surface area contributed by atoms with Crippen LogP contribution >= 0.6 is 0 Å². The largest absolute Gasteiger partial charge is 0.466 e. The van der Waals surface area contributed by atoms with E-state index in [9.17, 15) is 46.2 Å². The predicted molar refractivity (Wildman–Crippen MR) is 131 cm³/mol. The van der Waals surface area contributed by atoms with Crippen molar-refractivity contribution in [3.05, 3.63) is 63.3 Å². The van der Waals surface area contributed by atoms with Crippen molar-refractivity contribution >= 4 is 49.1 Å². The molecule has 0 fully saturated rings. The van der Waals surface area contributed by atoms with E-state index >= 15 is 0 Å². The summed E-state index contributed by atoms with van der Waals surface area (Å²) in [6, 6.07) is 5.83. The molecule has 0 aromatic heterocycles. The molecular weight excluding hydrogens is 548 g/mol. The summed E-state index contributed by atoms with van der Waals surface area (Å²) in [5, 5.41) is 22.9. The first kappa shape index (κ1) is 28.5. The number of amides is 1. The number of nitrogens with zero attached hydrogens (tertiary/aromatic N) is 2. The summed E-state index contributed by atoms with van der Waals surface area (Å²) in [7, 11) is -8.32. The molecule has 1 heterocycles. The lowest BCUT2D eigenvalue weighted by molar-refractivity contribution is -0.385. The second-order valence-electron chi connectivity index (χ2n) is 7.90. The van der Waals surface area contributed by atoms with E-state index in [1.54, 1.807) is 0 Å². The molecule has 1 aliphatic rings. The Morgan fingerprint density at radius 1 is 1.16 bits per heavy atom. The Kier molecular flexibility index (Phi) is 8.06. The predicted octanol–water partition coefficient (Wildman–Crippen LogP) is 0.624. The van der Waals surface area contributed by atoms with E-state index in [-0.39, 0.29) is 41.3 Å². The number of aliphatic hydroxyl groups excluding tert-OH is 1. The third-order valence-corrected chi connectivity index (χ3v) is 7.67. The second-order valence-corrected chi connectivity index (χ2v) is 11.0. The Labute approximate surface area is 216 Å². The first-order valence-corrected chi connectivity index (χ1v) is 13.5. The van der Waals surface area contributed by atoms with Crippen LogP contribution < -0.4 is 10.0 Å². The van der Waals surface area contributed by atoms with Gasteiger partial charge in [0.1, 0.15) is 5.70 Å². The van der Waals surface area contributed by atoms with Gasteiger partial charge in [0.25, 0.3) is 31.7 Å². The number of ether oxygens (including phenoxy) is 1. The fraction of sp³-hybridized carbons (Fsp3) is 0.238. The van der Waals surface area contributed by atoms with Crippen molar-refractivity contribution in [2.45, 2.75) is 16.7 Å². The SMILES string of the molecule is COC(=O)C1=C(Nc2cc(S(=O)(=O)O)cc(NS(=O)(=O)c3cccc([N+](=O)[O-])c3)c2C)C(=O)N(CCO)C1. The van der Waals surface area contributed by atoms with E-state index in [2.05, 4.69) is 10.0 Å². The lowest BCUT2D eigenvalue weighted by atomic mass is 10.1. The van der Waals surface area contributed by atoms with Crippen molar-refractivity contribution in [3.8, 4) is 0 Å². The quantitative estimate of drug-likeness (QED) is 0.134. The molecule has 2 aromatic rings. The van der Waals surface area contributed by atoms with Crippen molar-refractivity contribution in [1.82, 2.24) is 4.90 Å². The number of benzene rings is 2. The molecule has 0 atom stereocenters. The molecule has 1 amide bonds. The monoisotopic (exact) mass is 570 g/mol. The number of nitro benzene ring substituents is 1. The normalized spacial score (nSPS) is 14.0. The number of methoxy groups -OCH3 is 1. The maximum absolute atomic E-state index is 13.0. The maximum Gasteiger partial charge on any atom is 0.337 e. The summed E-state index contributed by atoms with van der Waals surface area (Å²) in [5.74, 6) is -1.61. The van der Waals surface area contributed by atoms with E-state index in [4.69, 9.17) is 4.74 Å². The standard InChI is InChI=1S/C21H22N4O11S2/c1-12-17(22-19-16(21(28)36-2)11-24(6-7-26)20(19)27)9-15(38(33,34)35)10-18(12)23-37(31,32)14-5-3-4-13(8-14)25(29)30/h3-5,8-10,22-23,26H,6-7,11H2,1-2H3,(H,33,34,35). The third-order valence-electron chi connectivity index (χ3n) is 5.48. The highest BCUT2D eigenvalue weighted by Crippen LogP contribution is 2.33. The number of non-ortho nitro benzene ring substituents is 1. The van der Waals surface area contributed by atoms with Gasteiger partial charge in [-0.2, -0.15) is 8.42 Å². The number of rotatable bonds is 10. The highest BCUT2D eigenvalue weighted by atomic mass is 32.2. The summed E-state index contributed by atoms with van der Waals surface area (Å²) >= 11 is 0. The molecule has 4 N–H and O–H groups in total. The van der Waals surface area contributed by atoms with Gasteiger partial charge in [0, 0.05) is 24.4 Å². The van der Waals surface area contributed by atoms with Crippen LogP contribution in [0.1, 0.15) is 5.56 Å². The fourth-order valence-corrected chi connectivity index (χ4v) is 5.21. The topological polar surface area (TPSA) is 223 Å². The molecule has 0 saturated heterocycles. The molecule has 17 heteroatoms. The van der Waals surface area contributed by atoms with Crippen LogP contribution in [-0.2, 0) is 34.5 Å². The van der Waals surface area contributed by atoms with Crippen LogP contribution in [0.4, 0.5) is 17.1 Å². The average molecular weight is 571 g/mol. The highest BCUT2D eigenvalue weighted by Gasteiger charge is 2.35. The van der Waals surface area contributed by atoms with Crippen molar-refractivity contribution < 1.29 is 45.7 Å². The maximum atomic E-state index is 13.0. The van der Waals surface area contributed by atoms with Crippen molar-refractivity contribution in [3.63, 3.8) is 0 Å². The number of nitro groups is 1. The summed E-state index contributed by atoms with van der Waals surface area (Å²) in [5.41, 5.74) is -1.45. The van der Waals surface area contributed by atoms with Crippen molar-refractivity contribution in [1.29, 1.82) is 0 Å². The minimum atomic E-state index is -4.90. The lowest BCUT2D eigenvalue weighted by Crippen LogP contribution is -2.31. The molecule has 204 valence electrons. The van der Waals surface area contributed by atoms with Gasteiger partial charge >= 0.3 is 5.97 Å². The van der Waals surface area contributed by atoms with Gasteiger partial charge in [0.15, 0.2) is 0 Å². The Bertz CT molecular complexity index is 1570. The molecule has 15 nitrogen and oxygen atoms in total. The van der Waals surface area contributed by atoms with Gasteiger partial charge in [-0.05, 0) is 30.7 Å². The Morgan fingerprint density at radius 3 is 2.39 bits per heavy atom. The number of carbonyl (C=O) groups is 2. The summed E-state index contributed by atoms with van der Waals surface area (Å²) in [6.07, 6.45) is 0. The number of hydrogen-bond donors (Lipinski definition) is 4. The Balaban J connectivity index is 2.12. The molecule has 38 heavy (non-hydrogen) atoms. The van der Waals surface area contributed by atoms with Crippen LogP contribution in [0.15, 0.2) is 57.5 Å². The number of hydrogen-bond acceptors (Lipinski definition) is 11. The molecule has 0 bridgehead atoms. The van der Waals surface area contributed by atoms with E-state index < -0.39 is 59.0 Å². The van der Waals surface area contributed by atoms with Crippen LogP contribution in [-0.4, -0.2) is 75.0 Å². The molecule has 2 aromatic carbocycles. The summed E-state index contributed by atoms with van der Waals surface area (Å²) in [4.78, 5) is 35.3. The van der Waals surface area contributed by atoms with Crippen LogP contribution in [0.3, 0.4) is 0 Å². The molecule has 0 unspecified atom stereocenters. The number of β-amino-alcohol motifs (C(OH)–C–C–N with tert-alkyl or cyclic N) is 1. The van der Waals surface area contributed by atoms with Crippen LogP contribution in [0.5, 0.6) is 0 Å². The van der Waals surface area contributed by atoms with Gasteiger partial charge in [-0.15, -0.1) is 0 Å². The molecular formula is C21H22N4O11S2. The highest BCUT2D eigenvalue weighted by molar-refractivity contribution is 7.92. The number of esters is 1. The van der Waals surface area contributed by atoms with Crippen molar-refractivity contribution in [2.75, 3.05) is 36.8 Å². The molecule has 3 rings (SSSR count). The number of aliphatic hydroxyl groups is 1. The number of sulfonamides is 1. The number of carbonyl (C=O) groups excluding carboxylic acids is 2. The summed E-state index contributed by atoms with van der Waals surface area (Å²) < 4.78 is 66.3. The zero-order chi connectivity index (χ0) is 28.4. The summed E-state index contributed by atoms with van der Waals surface area (Å²) in [6.45, 7) is 0.597. The molecule has 0 aliphatic carbocycles. The minimum absolute atomic E-state index is 0.0385. The first-order valence-electron chi connectivity index (χ1n) is 10.6. The third kappa shape index (κ3) is 5.91. The van der Waals surface area contributed by atoms with Gasteiger partial charge in [0.05, 0.1) is 46.2 Å². The van der Waals surface area contributed by atoms with E-state index in [1.165, 1.54) is 6.92 Å². The number of anilines is 2. The van der Waals surface area contributed by atoms with Crippen LogP contribution in [0.25, 0.3) is 0 Å². The van der Waals surface area contributed by atoms with Crippen LogP contribution in [0, 0.1) is 17.0 Å². The molecule has 0 spiro atoms. The average Bonchev–Trinajstić information content (AvgIpc) is 3.15.